The summed E-state index contributed by atoms with van der Waals surface area (Å²) in [5.41, 5.74) is -0.453. The van der Waals surface area contributed by atoms with Gasteiger partial charge in [-0.25, -0.2) is 13.8 Å². The van der Waals surface area contributed by atoms with Crippen molar-refractivity contribution in [3.63, 3.8) is 0 Å². The van der Waals surface area contributed by atoms with E-state index in [4.69, 9.17) is 0 Å². The van der Waals surface area contributed by atoms with Gasteiger partial charge in [0.2, 0.25) is 5.91 Å². The molecule has 1 unspecified atom stereocenters. The molecule has 2 aromatic rings. The third kappa shape index (κ3) is 2.87. The van der Waals surface area contributed by atoms with E-state index >= 15 is 0 Å². The maximum Gasteiger partial charge on any atom is 0.254 e. The van der Waals surface area contributed by atoms with Gasteiger partial charge in [0.15, 0.2) is 5.16 Å². The molecule has 2 heterocycles. The summed E-state index contributed by atoms with van der Waals surface area (Å²) in [5, 5.41) is 2.92. The molecular weight excluding hydrogens is 312 g/mol. The number of carbonyl (C=O) groups excluding carboxylic acids is 1. The van der Waals surface area contributed by atoms with E-state index in [0.717, 1.165) is 18.2 Å². The number of nitrogens with zero attached hydrogens (tertiary/aromatic N) is 2. The van der Waals surface area contributed by atoms with E-state index in [-0.39, 0.29) is 17.8 Å². The number of hydrogen-bond donors (Lipinski definition) is 1. The second kappa shape index (κ2) is 5.88. The Morgan fingerprint density at radius 3 is 3.00 bits per heavy atom. The largest absolute Gasteiger partial charge is 0.323 e. The molecule has 0 spiro atoms. The second-order valence-electron chi connectivity index (χ2n) is 4.80. The monoisotopic (exact) mass is 323 g/mol. The van der Waals surface area contributed by atoms with Gasteiger partial charge in [-0.1, -0.05) is 11.8 Å². The Morgan fingerprint density at radius 1 is 1.36 bits per heavy atom. The van der Waals surface area contributed by atoms with Crippen LogP contribution in [0.1, 0.15) is 0 Å². The summed E-state index contributed by atoms with van der Waals surface area (Å²) in [6, 6.07) is 4.16. The van der Waals surface area contributed by atoms with E-state index in [2.05, 4.69) is 10.3 Å². The highest BCUT2D eigenvalue weighted by Gasteiger charge is 2.27. The van der Waals surface area contributed by atoms with E-state index < -0.39 is 23.5 Å². The van der Waals surface area contributed by atoms with Crippen LogP contribution in [0.15, 0.2) is 40.4 Å². The van der Waals surface area contributed by atoms with E-state index in [1.807, 2.05) is 0 Å². The first-order chi connectivity index (χ1) is 10.5. The number of halogens is 2. The fraction of sp³-hybridized carbons (Fsp3) is 0.214. The molecule has 0 fully saturated rings. The second-order valence-corrected chi connectivity index (χ2v) is 5.78. The van der Waals surface area contributed by atoms with Gasteiger partial charge in [0.1, 0.15) is 11.6 Å². The topological polar surface area (TPSA) is 64.0 Å². The van der Waals surface area contributed by atoms with Crippen molar-refractivity contribution in [2.24, 2.45) is 5.92 Å². The van der Waals surface area contributed by atoms with Crippen LogP contribution in [0.5, 0.6) is 0 Å². The standard InChI is InChI=1S/C14H11F2N3O2S/c15-9-1-2-10(16)11(5-9)18-13(21)8-6-19-12(20)3-4-17-14(19)22-7-8/h1-5,8H,6-7H2,(H,18,21). The lowest BCUT2D eigenvalue weighted by molar-refractivity contribution is -0.119. The molecule has 1 amide bonds. The van der Waals surface area contributed by atoms with Gasteiger partial charge >= 0.3 is 0 Å². The molecule has 114 valence electrons. The fourth-order valence-corrected chi connectivity index (χ4v) is 3.20. The summed E-state index contributed by atoms with van der Waals surface area (Å²) in [4.78, 5) is 28.0. The van der Waals surface area contributed by atoms with E-state index in [1.165, 1.54) is 28.6 Å². The van der Waals surface area contributed by atoms with Gasteiger partial charge in [0.05, 0.1) is 11.6 Å². The number of aromatic nitrogens is 2. The lowest BCUT2D eigenvalue weighted by Gasteiger charge is -2.23. The Hall–Kier alpha value is -2.22. The highest BCUT2D eigenvalue weighted by atomic mass is 32.2. The molecule has 1 N–H and O–H groups in total. The van der Waals surface area contributed by atoms with Crippen LogP contribution in [-0.4, -0.2) is 21.2 Å². The van der Waals surface area contributed by atoms with E-state index in [9.17, 15) is 18.4 Å². The molecule has 1 atom stereocenters. The molecular formula is C14H11F2N3O2S. The third-order valence-electron chi connectivity index (χ3n) is 3.27. The van der Waals surface area contributed by atoms with Crippen LogP contribution in [0.3, 0.4) is 0 Å². The molecule has 0 saturated heterocycles. The van der Waals surface area contributed by atoms with E-state index in [1.54, 1.807) is 0 Å². The molecule has 5 nitrogen and oxygen atoms in total. The van der Waals surface area contributed by atoms with Gasteiger partial charge in [0.25, 0.3) is 5.56 Å². The molecule has 8 heteroatoms. The van der Waals surface area contributed by atoms with Gasteiger partial charge in [-0.05, 0) is 12.1 Å². The Morgan fingerprint density at radius 2 is 2.18 bits per heavy atom. The van der Waals surface area contributed by atoms with Gasteiger partial charge in [-0.15, -0.1) is 0 Å². The fourth-order valence-electron chi connectivity index (χ4n) is 2.14. The van der Waals surface area contributed by atoms with Crippen LogP contribution in [0.2, 0.25) is 0 Å². The normalized spacial score (nSPS) is 16.9. The highest BCUT2D eigenvalue weighted by molar-refractivity contribution is 7.99. The molecule has 3 rings (SSSR count). The maximum absolute atomic E-state index is 13.5. The number of thioether (sulfide) groups is 1. The Kier molecular flexibility index (Phi) is 3.93. The predicted octanol–water partition coefficient (Wildman–Crippen LogP) is 1.88. The summed E-state index contributed by atoms with van der Waals surface area (Å²) >= 11 is 1.28. The summed E-state index contributed by atoms with van der Waals surface area (Å²) in [7, 11) is 0. The third-order valence-corrected chi connectivity index (χ3v) is 4.43. The molecule has 22 heavy (non-hydrogen) atoms. The number of carbonyl (C=O) groups is 1. The van der Waals surface area contributed by atoms with Gasteiger partial charge in [0, 0.05) is 30.6 Å². The molecule has 0 bridgehead atoms. The lowest BCUT2D eigenvalue weighted by atomic mass is 10.1. The van der Waals surface area contributed by atoms with E-state index in [0.29, 0.717) is 10.9 Å². The van der Waals surface area contributed by atoms with Crippen LogP contribution in [-0.2, 0) is 11.3 Å². The van der Waals surface area contributed by atoms with Crippen LogP contribution in [0, 0.1) is 17.6 Å². The van der Waals surface area contributed by atoms with Crippen molar-refractivity contribution in [1.29, 1.82) is 0 Å². The average molecular weight is 323 g/mol. The summed E-state index contributed by atoms with van der Waals surface area (Å²) < 4.78 is 28.1. The minimum Gasteiger partial charge on any atom is -0.323 e. The van der Waals surface area contributed by atoms with Crippen LogP contribution < -0.4 is 10.9 Å². The highest BCUT2D eigenvalue weighted by Crippen LogP contribution is 2.26. The summed E-state index contributed by atoms with van der Waals surface area (Å²) in [5.74, 6) is -1.92. The van der Waals surface area contributed by atoms with Gasteiger partial charge < -0.3 is 5.32 Å². The van der Waals surface area contributed by atoms with Crippen LogP contribution >= 0.6 is 11.8 Å². The summed E-state index contributed by atoms with van der Waals surface area (Å²) in [6.07, 6.45) is 1.42. The number of fused-ring (bicyclic) bond motifs is 1. The number of amides is 1. The number of benzene rings is 1. The van der Waals surface area contributed by atoms with Crippen LogP contribution in [0.4, 0.5) is 14.5 Å². The number of anilines is 1. The van der Waals surface area contributed by atoms with Crippen molar-refractivity contribution >= 4 is 23.4 Å². The minimum absolute atomic E-state index is 0.164. The SMILES string of the molecule is O=C(Nc1cc(F)ccc1F)C1CSc2nccc(=O)n2C1. The van der Waals surface area contributed by atoms with Crippen molar-refractivity contribution < 1.29 is 13.6 Å². The first kappa shape index (κ1) is 14.7. The molecule has 1 aromatic carbocycles. The zero-order valence-corrected chi connectivity index (χ0v) is 12.1. The van der Waals surface area contributed by atoms with Crippen molar-refractivity contribution in [2.45, 2.75) is 11.7 Å². The van der Waals surface area contributed by atoms with Crippen molar-refractivity contribution in [3.05, 3.63) is 52.5 Å². The molecule has 1 aliphatic heterocycles. The lowest BCUT2D eigenvalue weighted by Crippen LogP contribution is -2.36. The average Bonchev–Trinajstić information content (AvgIpc) is 2.51. The molecule has 0 aliphatic carbocycles. The first-order valence-electron chi connectivity index (χ1n) is 6.49. The first-order valence-corrected chi connectivity index (χ1v) is 7.48. The molecule has 0 radical (unpaired) electrons. The smallest absolute Gasteiger partial charge is 0.254 e. The number of nitrogens with one attached hydrogen (secondary N) is 1. The zero-order chi connectivity index (χ0) is 15.7. The maximum atomic E-state index is 13.5. The molecule has 0 saturated carbocycles. The Bertz CT molecular complexity index is 794. The number of hydrogen-bond acceptors (Lipinski definition) is 4. The summed E-state index contributed by atoms with van der Waals surface area (Å²) in [6.45, 7) is 0.164. The quantitative estimate of drug-likeness (QED) is 0.857. The minimum atomic E-state index is -0.711. The Labute approximate surface area is 128 Å². The van der Waals surface area contributed by atoms with Crippen LogP contribution in [0.25, 0.3) is 0 Å². The van der Waals surface area contributed by atoms with Gasteiger partial charge in [-0.2, -0.15) is 0 Å². The van der Waals surface area contributed by atoms with Gasteiger partial charge in [-0.3, -0.25) is 14.2 Å². The predicted molar refractivity (Wildman–Crippen MR) is 77.7 cm³/mol. The zero-order valence-electron chi connectivity index (χ0n) is 11.3. The van der Waals surface area contributed by atoms with Crippen molar-refractivity contribution in [1.82, 2.24) is 9.55 Å². The Balaban J connectivity index is 1.78. The number of rotatable bonds is 2. The molecule has 1 aromatic heterocycles. The van der Waals surface area contributed by atoms with Crippen molar-refractivity contribution in [3.8, 4) is 0 Å². The molecule has 1 aliphatic rings. The van der Waals surface area contributed by atoms with Crippen molar-refractivity contribution in [2.75, 3.05) is 11.1 Å².